The summed E-state index contributed by atoms with van der Waals surface area (Å²) >= 11 is 0. The van der Waals surface area contributed by atoms with E-state index >= 15 is 0 Å². The van der Waals surface area contributed by atoms with Crippen LogP contribution in [0.2, 0.25) is 0 Å². The van der Waals surface area contributed by atoms with Gasteiger partial charge in [0.15, 0.2) is 0 Å². The van der Waals surface area contributed by atoms with Gasteiger partial charge in [-0.2, -0.15) is 0 Å². The first-order valence-corrected chi connectivity index (χ1v) is 6.95. The molecule has 1 aromatic rings. The summed E-state index contributed by atoms with van der Waals surface area (Å²) in [5.41, 5.74) is 1.17. The van der Waals surface area contributed by atoms with Crippen LogP contribution < -0.4 is 5.32 Å². The second-order valence-electron chi connectivity index (χ2n) is 5.33. The predicted octanol–water partition coefficient (Wildman–Crippen LogP) is 1.40. The summed E-state index contributed by atoms with van der Waals surface area (Å²) in [4.78, 5) is 9.80. The van der Waals surface area contributed by atoms with Crippen molar-refractivity contribution in [1.82, 2.24) is 14.8 Å². The maximum atomic E-state index is 4.60. The van der Waals surface area contributed by atoms with Gasteiger partial charge in [0.25, 0.3) is 0 Å². The van der Waals surface area contributed by atoms with Gasteiger partial charge in [-0.1, -0.05) is 6.07 Å². The summed E-state index contributed by atoms with van der Waals surface area (Å²) < 4.78 is 0. The third-order valence-electron chi connectivity index (χ3n) is 4.12. The molecule has 0 spiro atoms. The molecule has 98 valence electrons. The molecule has 0 aromatic carbocycles. The van der Waals surface area contributed by atoms with Crippen LogP contribution in [0, 0.1) is 0 Å². The van der Waals surface area contributed by atoms with Crippen LogP contribution in [0.15, 0.2) is 18.2 Å². The van der Waals surface area contributed by atoms with Crippen LogP contribution in [0.25, 0.3) is 0 Å². The van der Waals surface area contributed by atoms with Gasteiger partial charge in [0.1, 0.15) is 5.82 Å². The number of nitrogens with zero attached hydrogens (tertiary/aromatic N) is 3. The maximum Gasteiger partial charge on any atom is 0.126 e. The van der Waals surface area contributed by atoms with Crippen LogP contribution >= 0.6 is 0 Å². The van der Waals surface area contributed by atoms with Gasteiger partial charge in [-0.15, -0.1) is 0 Å². The molecule has 2 fully saturated rings. The molecule has 18 heavy (non-hydrogen) atoms. The zero-order valence-electron chi connectivity index (χ0n) is 11.1. The van der Waals surface area contributed by atoms with Crippen LogP contribution in [-0.4, -0.2) is 54.1 Å². The molecule has 0 amide bonds. The van der Waals surface area contributed by atoms with Crippen LogP contribution in [0.1, 0.15) is 18.5 Å². The van der Waals surface area contributed by atoms with Gasteiger partial charge in [0.05, 0.1) is 5.69 Å². The number of hydrogen-bond donors (Lipinski definition) is 1. The average Bonchev–Trinajstić information content (AvgIpc) is 2.86. The quantitative estimate of drug-likeness (QED) is 0.873. The largest absolute Gasteiger partial charge is 0.373 e. The van der Waals surface area contributed by atoms with E-state index in [0.29, 0.717) is 0 Å². The Kier molecular flexibility index (Phi) is 3.48. The minimum Gasteiger partial charge on any atom is -0.373 e. The van der Waals surface area contributed by atoms with E-state index in [2.05, 4.69) is 32.2 Å². The smallest absolute Gasteiger partial charge is 0.126 e. The van der Waals surface area contributed by atoms with E-state index < -0.39 is 0 Å². The number of pyridine rings is 1. The Bertz CT molecular complexity index is 407. The standard InChI is InChI=1S/C14H22N4/c1-15-14-6-2-4-12(16-14)10-17-8-9-18-7-3-5-13(18)11-17/h2,4,6,13H,3,5,7-11H2,1H3,(H,15,16). The monoisotopic (exact) mass is 246 g/mol. The molecule has 0 saturated carbocycles. The molecule has 0 radical (unpaired) electrons. The first-order chi connectivity index (χ1) is 8.85. The van der Waals surface area contributed by atoms with E-state index in [4.69, 9.17) is 0 Å². The van der Waals surface area contributed by atoms with Gasteiger partial charge < -0.3 is 5.32 Å². The Hall–Kier alpha value is -1.13. The van der Waals surface area contributed by atoms with E-state index in [1.165, 1.54) is 44.7 Å². The highest BCUT2D eigenvalue weighted by molar-refractivity contribution is 5.34. The lowest BCUT2D eigenvalue weighted by molar-refractivity contribution is 0.0985. The van der Waals surface area contributed by atoms with E-state index in [1.807, 2.05) is 13.1 Å². The Morgan fingerprint density at radius 1 is 1.33 bits per heavy atom. The van der Waals surface area contributed by atoms with E-state index in [-0.39, 0.29) is 0 Å². The minimum absolute atomic E-state index is 0.797. The lowest BCUT2D eigenvalue weighted by atomic mass is 10.1. The second kappa shape index (κ2) is 5.24. The van der Waals surface area contributed by atoms with Gasteiger partial charge in [-0.05, 0) is 31.5 Å². The molecule has 3 heterocycles. The zero-order chi connectivity index (χ0) is 12.4. The zero-order valence-corrected chi connectivity index (χ0v) is 11.1. The Labute approximate surface area is 109 Å². The highest BCUT2D eigenvalue weighted by Gasteiger charge is 2.30. The summed E-state index contributed by atoms with van der Waals surface area (Å²) in [6.45, 7) is 5.93. The molecular weight excluding hydrogens is 224 g/mol. The maximum absolute atomic E-state index is 4.60. The number of piperazine rings is 1. The molecule has 2 aliphatic heterocycles. The summed E-state index contributed by atoms with van der Waals surface area (Å²) in [7, 11) is 1.92. The number of rotatable bonds is 3. The van der Waals surface area contributed by atoms with Gasteiger partial charge >= 0.3 is 0 Å². The molecule has 2 aliphatic rings. The van der Waals surface area contributed by atoms with Crippen LogP contribution in [0.4, 0.5) is 5.82 Å². The summed E-state index contributed by atoms with van der Waals surface area (Å²) in [5.74, 6) is 0.965. The molecule has 0 aliphatic carbocycles. The summed E-state index contributed by atoms with van der Waals surface area (Å²) in [5, 5.41) is 3.10. The van der Waals surface area contributed by atoms with Crippen molar-refractivity contribution in [2.75, 3.05) is 38.5 Å². The van der Waals surface area contributed by atoms with Crippen molar-refractivity contribution in [2.24, 2.45) is 0 Å². The van der Waals surface area contributed by atoms with Crippen LogP contribution in [0.5, 0.6) is 0 Å². The normalized spacial score (nSPS) is 25.1. The number of anilines is 1. The molecule has 4 nitrogen and oxygen atoms in total. The number of nitrogens with one attached hydrogen (secondary N) is 1. The molecule has 1 atom stereocenters. The van der Waals surface area contributed by atoms with Gasteiger partial charge in [0, 0.05) is 39.3 Å². The fourth-order valence-corrected chi connectivity index (χ4v) is 3.14. The fourth-order valence-electron chi connectivity index (χ4n) is 3.14. The topological polar surface area (TPSA) is 31.4 Å². The van der Waals surface area contributed by atoms with E-state index in [0.717, 1.165) is 18.4 Å². The lowest BCUT2D eigenvalue weighted by Crippen LogP contribution is -2.49. The predicted molar refractivity (Wildman–Crippen MR) is 73.7 cm³/mol. The van der Waals surface area contributed by atoms with Crippen LogP contribution in [0.3, 0.4) is 0 Å². The van der Waals surface area contributed by atoms with Crippen molar-refractivity contribution in [2.45, 2.75) is 25.4 Å². The summed E-state index contributed by atoms with van der Waals surface area (Å²) in [6.07, 6.45) is 2.76. The number of fused-ring (bicyclic) bond motifs is 1. The molecule has 2 saturated heterocycles. The summed E-state index contributed by atoms with van der Waals surface area (Å²) in [6, 6.07) is 7.02. The molecule has 3 rings (SSSR count). The Morgan fingerprint density at radius 2 is 2.28 bits per heavy atom. The van der Waals surface area contributed by atoms with Crippen molar-refractivity contribution in [3.63, 3.8) is 0 Å². The molecular formula is C14H22N4. The van der Waals surface area contributed by atoms with E-state index in [9.17, 15) is 0 Å². The number of aromatic nitrogens is 1. The highest BCUT2D eigenvalue weighted by atomic mass is 15.3. The van der Waals surface area contributed by atoms with E-state index in [1.54, 1.807) is 0 Å². The van der Waals surface area contributed by atoms with Crippen molar-refractivity contribution >= 4 is 5.82 Å². The second-order valence-corrected chi connectivity index (χ2v) is 5.33. The molecule has 0 bridgehead atoms. The molecule has 4 heteroatoms. The lowest BCUT2D eigenvalue weighted by Gasteiger charge is -2.37. The van der Waals surface area contributed by atoms with Gasteiger partial charge in [0.2, 0.25) is 0 Å². The van der Waals surface area contributed by atoms with Crippen molar-refractivity contribution in [1.29, 1.82) is 0 Å². The highest BCUT2D eigenvalue weighted by Crippen LogP contribution is 2.22. The third-order valence-corrected chi connectivity index (χ3v) is 4.12. The third kappa shape index (κ3) is 2.49. The molecule has 1 unspecified atom stereocenters. The van der Waals surface area contributed by atoms with Crippen molar-refractivity contribution in [3.05, 3.63) is 23.9 Å². The van der Waals surface area contributed by atoms with Crippen molar-refractivity contribution < 1.29 is 0 Å². The minimum atomic E-state index is 0.797. The Morgan fingerprint density at radius 3 is 3.17 bits per heavy atom. The molecule has 1 N–H and O–H groups in total. The van der Waals surface area contributed by atoms with Crippen molar-refractivity contribution in [3.8, 4) is 0 Å². The molecule has 1 aromatic heterocycles. The van der Waals surface area contributed by atoms with Crippen LogP contribution in [-0.2, 0) is 6.54 Å². The first kappa shape index (κ1) is 11.9. The first-order valence-electron chi connectivity index (χ1n) is 6.95. The fraction of sp³-hybridized carbons (Fsp3) is 0.643. The van der Waals surface area contributed by atoms with Gasteiger partial charge in [-0.3, -0.25) is 9.80 Å². The average molecular weight is 246 g/mol. The SMILES string of the molecule is CNc1cccc(CN2CCN3CCCC3C2)n1. The number of hydrogen-bond acceptors (Lipinski definition) is 4. The Balaban J connectivity index is 1.62. The van der Waals surface area contributed by atoms with Gasteiger partial charge in [-0.25, -0.2) is 4.98 Å².